The molecule has 162 valence electrons. The lowest BCUT2D eigenvalue weighted by atomic mass is 9.82. The van der Waals surface area contributed by atoms with Crippen LogP contribution in [0.5, 0.6) is 11.5 Å². The first kappa shape index (κ1) is 20.2. The molecule has 0 atom stereocenters. The topological polar surface area (TPSA) is 135 Å². The Bertz CT molecular complexity index is 1710. The molecule has 0 aliphatic heterocycles. The standard InChI is InChI=1S/C25H14O8/c1-11-10-14(26)17(19-22(28)12-6-2-4-8-15(12)32-24(19)30)18(21(11)27)20-23(29)13-7-3-5-9-16(13)33-25(20)31/h2-10,28-29H,1H3. The van der Waals surface area contributed by atoms with Crippen molar-refractivity contribution < 1.29 is 28.6 Å². The molecule has 5 rings (SSSR count). The average molecular weight is 442 g/mol. The molecule has 8 heteroatoms. The lowest BCUT2D eigenvalue weighted by Crippen LogP contribution is -2.23. The van der Waals surface area contributed by atoms with Gasteiger partial charge in [0.1, 0.15) is 33.8 Å². The number of Topliss-reactive ketones (excluding diaryl/α,β-unsaturated/α-hetero) is 1. The Kier molecular flexibility index (Phi) is 4.39. The Morgan fingerprint density at radius 3 is 1.64 bits per heavy atom. The third-order valence-electron chi connectivity index (χ3n) is 5.50. The normalized spacial score (nSPS) is 14.3. The summed E-state index contributed by atoms with van der Waals surface area (Å²) in [4.78, 5) is 52.0. The van der Waals surface area contributed by atoms with Crippen molar-refractivity contribution >= 4 is 44.7 Å². The van der Waals surface area contributed by atoms with E-state index in [-0.39, 0.29) is 27.5 Å². The minimum Gasteiger partial charge on any atom is -0.506 e. The zero-order valence-corrected chi connectivity index (χ0v) is 17.0. The second-order valence-corrected chi connectivity index (χ2v) is 7.49. The number of rotatable bonds is 2. The Labute approximate surface area is 184 Å². The zero-order valence-electron chi connectivity index (χ0n) is 17.0. The van der Waals surface area contributed by atoms with Crippen LogP contribution in [0.15, 0.2) is 78.6 Å². The molecule has 0 spiro atoms. The number of allylic oxidation sites excluding steroid dienone is 4. The van der Waals surface area contributed by atoms with Gasteiger partial charge in [0.25, 0.3) is 0 Å². The molecule has 0 amide bonds. The van der Waals surface area contributed by atoms with Gasteiger partial charge in [-0.15, -0.1) is 0 Å². The molecule has 0 radical (unpaired) electrons. The molecule has 1 aliphatic carbocycles. The molecule has 0 fully saturated rings. The van der Waals surface area contributed by atoms with Gasteiger partial charge < -0.3 is 19.0 Å². The van der Waals surface area contributed by atoms with E-state index in [2.05, 4.69) is 0 Å². The molecule has 1 aliphatic rings. The number of hydrogen-bond donors (Lipinski definition) is 2. The second kappa shape index (κ2) is 7.16. The van der Waals surface area contributed by atoms with E-state index in [1.165, 1.54) is 31.2 Å². The SMILES string of the molecule is CC1=CC(=O)C(c2c(O)c3ccccc3oc2=O)=C(c2c(O)c3ccccc3oc2=O)C1=O. The summed E-state index contributed by atoms with van der Waals surface area (Å²) in [6, 6.07) is 12.2. The van der Waals surface area contributed by atoms with Crippen LogP contribution in [0.3, 0.4) is 0 Å². The van der Waals surface area contributed by atoms with E-state index in [9.17, 15) is 29.4 Å². The molecule has 4 aromatic rings. The van der Waals surface area contributed by atoms with E-state index in [1.54, 1.807) is 24.3 Å². The van der Waals surface area contributed by atoms with Crippen molar-refractivity contribution in [1.82, 2.24) is 0 Å². The van der Waals surface area contributed by atoms with Gasteiger partial charge in [0.2, 0.25) is 0 Å². The maximum absolute atomic E-state index is 13.2. The van der Waals surface area contributed by atoms with Crippen LogP contribution in [0, 0.1) is 0 Å². The first-order chi connectivity index (χ1) is 15.8. The van der Waals surface area contributed by atoms with Gasteiger partial charge in [-0.1, -0.05) is 24.3 Å². The number of hydrogen-bond acceptors (Lipinski definition) is 8. The summed E-state index contributed by atoms with van der Waals surface area (Å²) in [5, 5.41) is 22.0. The maximum Gasteiger partial charge on any atom is 0.348 e. The minimum atomic E-state index is -1.09. The number of benzene rings is 2. The van der Waals surface area contributed by atoms with Crippen LogP contribution in [0.1, 0.15) is 18.1 Å². The largest absolute Gasteiger partial charge is 0.506 e. The first-order valence-corrected chi connectivity index (χ1v) is 9.81. The molecule has 2 N–H and O–H groups in total. The van der Waals surface area contributed by atoms with E-state index in [0.717, 1.165) is 6.08 Å². The van der Waals surface area contributed by atoms with Crippen LogP contribution >= 0.6 is 0 Å². The van der Waals surface area contributed by atoms with Crippen LogP contribution in [0.2, 0.25) is 0 Å². The van der Waals surface area contributed by atoms with Crippen molar-refractivity contribution in [3.05, 3.63) is 92.1 Å². The van der Waals surface area contributed by atoms with Crippen molar-refractivity contribution in [2.75, 3.05) is 0 Å². The molecular formula is C25H14O8. The fourth-order valence-corrected chi connectivity index (χ4v) is 3.96. The predicted octanol–water partition coefficient (Wildman–Crippen LogP) is 3.32. The van der Waals surface area contributed by atoms with Gasteiger partial charge in [0.15, 0.2) is 11.6 Å². The van der Waals surface area contributed by atoms with E-state index in [1.807, 2.05) is 0 Å². The number of ketones is 2. The quantitative estimate of drug-likeness (QED) is 0.357. The van der Waals surface area contributed by atoms with Crippen molar-refractivity contribution in [2.45, 2.75) is 6.92 Å². The fourth-order valence-electron chi connectivity index (χ4n) is 3.96. The molecule has 2 aromatic carbocycles. The van der Waals surface area contributed by atoms with Crippen molar-refractivity contribution in [3.8, 4) is 11.5 Å². The highest BCUT2D eigenvalue weighted by atomic mass is 16.4. The number of fused-ring (bicyclic) bond motifs is 2. The van der Waals surface area contributed by atoms with Crippen LogP contribution in [-0.4, -0.2) is 21.8 Å². The summed E-state index contributed by atoms with van der Waals surface area (Å²) >= 11 is 0. The van der Waals surface area contributed by atoms with E-state index < -0.39 is 56.6 Å². The molecule has 33 heavy (non-hydrogen) atoms. The average Bonchev–Trinajstić information content (AvgIpc) is 2.78. The third-order valence-corrected chi connectivity index (χ3v) is 5.50. The number of para-hydroxylation sites is 2. The van der Waals surface area contributed by atoms with Crippen molar-refractivity contribution in [1.29, 1.82) is 0 Å². The Balaban J connectivity index is 1.97. The summed E-state index contributed by atoms with van der Waals surface area (Å²) in [5.74, 6) is -2.77. The summed E-state index contributed by atoms with van der Waals surface area (Å²) in [6.07, 6.45) is 0.995. The minimum absolute atomic E-state index is 0.0182. The van der Waals surface area contributed by atoms with Crippen molar-refractivity contribution in [2.24, 2.45) is 0 Å². The van der Waals surface area contributed by atoms with Crippen LogP contribution in [0.4, 0.5) is 0 Å². The van der Waals surface area contributed by atoms with E-state index in [0.29, 0.717) is 0 Å². The fraction of sp³-hybridized carbons (Fsp3) is 0.0400. The van der Waals surface area contributed by atoms with Gasteiger partial charge in [-0.3, -0.25) is 9.59 Å². The molecule has 0 saturated carbocycles. The van der Waals surface area contributed by atoms with E-state index >= 15 is 0 Å². The van der Waals surface area contributed by atoms with Crippen LogP contribution in [0.25, 0.3) is 33.1 Å². The molecule has 0 bridgehead atoms. The molecule has 0 unspecified atom stereocenters. The third kappa shape index (κ3) is 2.92. The van der Waals surface area contributed by atoms with Gasteiger partial charge in [-0.2, -0.15) is 0 Å². The molecule has 8 nitrogen and oxygen atoms in total. The Morgan fingerprint density at radius 1 is 0.667 bits per heavy atom. The molecule has 2 aromatic heterocycles. The van der Waals surface area contributed by atoms with Crippen LogP contribution in [-0.2, 0) is 9.59 Å². The summed E-state index contributed by atoms with van der Waals surface area (Å²) in [5.41, 5.74) is -4.32. The number of carbonyl (C=O) groups is 2. The highest BCUT2D eigenvalue weighted by Crippen LogP contribution is 2.41. The molecular weight excluding hydrogens is 428 g/mol. The highest BCUT2D eigenvalue weighted by Gasteiger charge is 2.36. The van der Waals surface area contributed by atoms with E-state index in [4.69, 9.17) is 8.83 Å². The maximum atomic E-state index is 13.2. The monoisotopic (exact) mass is 442 g/mol. The number of carbonyl (C=O) groups excluding carboxylic acids is 2. The summed E-state index contributed by atoms with van der Waals surface area (Å²) < 4.78 is 10.5. The highest BCUT2D eigenvalue weighted by molar-refractivity contribution is 6.50. The van der Waals surface area contributed by atoms with Gasteiger partial charge in [0, 0.05) is 5.57 Å². The second-order valence-electron chi connectivity index (χ2n) is 7.49. The summed E-state index contributed by atoms with van der Waals surface area (Å²) in [6.45, 7) is 1.36. The summed E-state index contributed by atoms with van der Waals surface area (Å²) in [7, 11) is 0. The van der Waals surface area contributed by atoms with Gasteiger partial charge in [-0.05, 0) is 37.3 Å². The first-order valence-electron chi connectivity index (χ1n) is 9.81. The van der Waals surface area contributed by atoms with Gasteiger partial charge in [-0.25, -0.2) is 9.59 Å². The Hall–Kier alpha value is -4.72. The van der Waals surface area contributed by atoms with Crippen molar-refractivity contribution in [3.63, 3.8) is 0 Å². The zero-order chi connectivity index (χ0) is 23.4. The van der Waals surface area contributed by atoms with Gasteiger partial charge in [0.05, 0.1) is 21.9 Å². The van der Waals surface area contributed by atoms with Gasteiger partial charge >= 0.3 is 11.3 Å². The Morgan fingerprint density at radius 2 is 1.12 bits per heavy atom. The number of aromatic hydroxyl groups is 2. The lowest BCUT2D eigenvalue weighted by Gasteiger charge is -2.18. The van der Waals surface area contributed by atoms with Crippen LogP contribution < -0.4 is 11.3 Å². The predicted molar refractivity (Wildman–Crippen MR) is 119 cm³/mol. The molecule has 2 heterocycles. The smallest absolute Gasteiger partial charge is 0.348 e. The molecule has 0 saturated heterocycles. The lowest BCUT2D eigenvalue weighted by molar-refractivity contribution is -0.113.